The van der Waals surface area contributed by atoms with Crippen LogP contribution in [0.1, 0.15) is 25.0 Å². The Morgan fingerprint density at radius 2 is 2.11 bits per heavy atom. The van der Waals surface area contributed by atoms with E-state index in [2.05, 4.69) is 25.9 Å². The first-order chi connectivity index (χ1) is 8.95. The first-order valence-electron chi connectivity index (χ1n) is 6.36. The Morgan fingerprint density at radius 1 is 1.32 bits per heavy atom. The summed E-state index contributed by atoms with van der Waals surface area (Å²) in [6.07, 6.45) is 8.50. The zero-order valence-electron chi connectivity index (χ0n) is 10.9. The largest absolute Gasteiger partial charge is 0.257 e. The molecule has 0 bridgehead atoms. The maximum absolute atomic E-state index is 11.5. The number of sulfonamides is 1. The minimum Gasteiger partial charge on any atom is -0.257 e. The highest BCUT2D eigenvalue weighted by Crippen LogP contribution is 2.22. The van der Waals surface area contributed by atoms with Crippen molar-refractivity contribution in [3.05, 3.63) is 22.7 Å². The van der Waals surface area contributed by atoms with Crippen molar-refractivity contribution in [1.29, 1.82) is 0 Å². The van der Waals surface area contributed by atoms with Gasteiger partial charge in [-0.15, -0.1) is 0 Å². The third-order valence-electron chi connectivity index (χ3n) is 3.45. The number of hydrogen-bond acceptors (Lipinski definition) is 4. The van der Waals surface area contributed by atoms with E-state index in [1.807, 2.05) is 0 Å². The molecule has 1 aliphatic heterocycles. The quantitative estimate of drug-likeness (QED) is 0.836. The minimum absolute atomic E-state index is 0.488. The van der Waals surface area contributed by atoms with Crippen molar-refractivity contribution < 1.29 is 8.42 Å². The molecular formula is C12H18BrN3O2S. The number of halogens is 1. The number of hydrogen-bond donors (Lipinski definition) is 0. The van der Waals surface area contributed by atoms with Crippen molar-refractivity contribution in [1.82, 2.24) is 14.3 Å². The number of nitrogens with zero attached hydrogens (tertiary/aromatic N) is 3. The molecule has 0 N–H and O–H groups in total. The standard InChI is InChI=1S/C12H18BrN3O2S/c1-19(17,18)16-5-2-3-10(4-6-16)7-11-8-15-12(13)9-14-11/h8-10H,2-7H2,1H3/t10-/m1/s1. The van der Waals surface area contributed by atoms with E-state index in [0.29, 0.717) is 19.0 Å². The third kappa shape index (κ3) is 4.50. The second kappa shape index (κ2) is 6.28. The molecule has 1 aromatic rings. The van der Waals surface area contributed by atoms with E-state index in [9.17, 15) is 8.42 Å². The van der Waals surface area contributed by atoms with Crippen LogP contribution in [0.5, 0.6) is 0 Å². The predicted molar refractivity (Wildman–Crippen MR) is 77.2 cm³/mol. The lowest BCUT2D eigenvalue weighted by Gasteiger charge is -2.17. The molecule has 1 aliphatic rings. The second-order valence-electron chi connectivity index (χ2n) is 4.99. The van der Waals surface area contributed by atoms with E-state index >= 15 is 0 Å². The van der Waals surface area contributed by atoms with Gasteiger partial charge in [-0.1, -0.05) is 0 Å². The van der Waals surface area contributed by atoms with Gasteiger partial charge in [0, 0.05) is 19.3 Å². The Morgan fingerprint density at radius 3 is 2.74 bits per heavy atom. The van der Waals surface area contributed by atoms with Crippen LogP contribution in [0.15, 0.2) is 17.0 Å². The van der Waals surface area contributed by atoms with E-state index in [1.54, 1.807) is 16.7 Å². The van der Waals surface area contributed by atoms with Crippen LogP contribution >= 0.6 is 15.9 Å². The van der Waals surface area contributed by atoms with E-state index in [-0.39, 0.29) is 0 Å². The van der Waals surface area contributed by atoms with Crippen LogP contribution in [-0.2, 0) is 16.4 Å². The topological polar surface area (TPSA) is 63.2 Å². The van der Waals surface area contributed by atoms with Gasteiger partial charge in [0.25, 0.3) is 0 Å². The average molecular weight is 348 g/mol. The van der Waals surface area contributed by atoms with Crippen LogP contribution in [0.2, 0.25) is 0 Å². The first-order valence-corrected chi connectivity index (χ1v) is 9.01. The molecule has 1 aromatic heterocycles. The second-order valence-corrected chi connectivity index (χ2v) is 7.79. The molecule has 1 atom stereocenters. The molecule has 0 aromatic carbocycles. The van der Waals surface area contributed by atoms with Crippen molar-refractivity contribution in [2.45, 2.75) is 25.7 Å². The lowest BCUT2D eigenvalue weighted by atomic mass is 9.95. The summed E-state index contributed by atoms with van der Waals surface area (Å²) in [5.74, 6) is 0.488. The van der Waals surface area contributed by atoms with Crippen LogP contribution in [0.25, 0.3) is 0 Å². The highest BCUT2D eigenvalue weighted by atomic mass is 79.9. The van der Waals surface area contributed by atoms with Crippen LogP contribution in [-0.4, -0.2) is 42.0 Å². The molecule has 0 amide bonds. The van der Waals surface area contributed by atoms with Gasteiger partial charge in [-0.05, 0) is 47.5 Å². The van der Waals surface area contributed by atoms with Gasteiger partial charge < -0.3 is 0 Å². The highest BCUT2D eigenvalue weighted by Gasteiger charge is 2.22. The lowest BCUT2D eigenvalue weighted by Crippen LogP contribution is -2.30. The third-order valence-corrected chi connectivity index (χ3v) is 5.16. The molecule has 2 rings (SSSR count). The lowest BCUT2D eigenvalue weighted by molar-refractivity contribution is 0.412. The van der Waals surface area contributed by atoms with Gasteiger partial charge in [0.05, 0.1) is 18.1 Å². The fourth-order valence-corrected chi connectivity index (χ4v) is 3.52. The summed E-state index contributed by atoms with van der Waals surface area (Å²) in [5, 5.41) is 0. The molecule has 0 unspecified atom stereocenters. The molecular weight excluding hydrogens is 330 g/mol. The monoisotopic (exact) mass is 347 g/mol. The summed E-state index contributed by atoms with van der Waals surface area (Å²) in [6.45, 7) is 1.26. The van der Waals surface area contributed by atoms with Gasteiger partial charge >= 0.3 is 0 Å². The predicted octanol–water partition coefficient (Wildman–Crippen LogP) is 1.84. The van der Waals surface area contributed by atoms with Crippen molar-refractivity contribution in [2.75, 3.05) is 19.3 Å². The van der Waals surface area contributed by atoms with Gasteiger partial charge in [0.1, 0.15) is 4.60 Å². The van der Waals surface area contributed by atoms with Gasteiger partial charge in [0.2, 0.25) is 10.0 Å². The van der Waals surface area contributed by atoms with Crippen molar-refractivity contribution in [2.24, 2.45) is 5.92 Å². The van der Waals surface area contributed by atoms with Gasteiger partial charge in [-0.2, -0.15) is 0 Å². The van der Waals surface area contributed by atoms with Crippen LogP contribution in [0, 0.1) is 5.92 Å². The van der Waals surface area contributed by atoms with Gasteiger partial charge in [0.15, 0.2) is 0 Å². The van der Waals surface area contributed by atoms with Crippen molar-refractivity contribution in [3.8, 4) is 0 Å². The minimum atomic E-state index is -3.05. The summed E-state index contributed by atoms with van der Waals surface area (Å²) >= 11 is 3.27. The zero-order valence-corrected chi connectivity index (χ0v) is 13.3. The Labute approximate surface area is 122 Å². The fraction of sp³-hybridized carbons (Fsp3) is 0.667. The smallest absolute Gasteiger partial charge is 0.211 e. The van der Waals surface area contributed by atoms with Crippen LogP contribution in [0.3, 0.4) is 0 Å². The molecule has 0 saturated carbocycles. The first kappa shape index (κ1) is 14.9. The Kier molecular flexibility index (Phi) is 4.92. The van der Waals surface area contributed by atoms with E-state index in [0.717, 1.165) is 36.0 Å². The van der Waals surface area contributed by atoms with Gasteiger partial charge in [-0.25, -0.2) is 17.7 Å². The normalized spacial score (nSPS) is 22.1. The molecule has 5 nitrogen and oxygen atoms in total. The van der Waals surface area contributed by atoms with E-state index < -0.39 is 10.0 Å². The molecule has 1 fully saturated rings. The summed E-state index contributed by atoms with van der Waals surface area (Å²) < 4.78 is 25.4. The molecule has 7 heteroatoms. The molecule has 0 spiro atoms. The maximum Gasteiger partial charge on any atom is 0.211 e. The summed E-state index contributed by atoms with van der Waals surface area (Å²) in [6, 6.07) is 0. The summed E-state index contributed by atoms with van der Waals surface area (Å²) in [5.41, 5.74) is 0.973. The number of aromatic nitrogens is 2. The Hall–Kier alpha value is -0.530. The zero-order chi connectivity index (χ0) is 13.9. The Bertz CT molecular complexity index is 518. The van der Waals surface area contributed by atoms with Crippen molar-refractivity contribution in [3.63, 3.8) is 0 Å². The van der Waals surface area contributed by atoms with E-state index in [1.165, 1.54) is 6.26 Å². The summed E-state index contributed by atoms with van der Waals surface area (Å²) in [7, 11) is -3.05. The summed E-state index contributed by atoms with van der Waals surface area (Å²) in [4.78, 5) is 8.50. The SMILES string of the molecule is CS(=O)(=O)N1CCC[C@@H](Cc2cnc(Br)cn2)CC1. The Balaban J connectivity index is 1.94. The molecule has 0 aliphatic carbocycles. The van der Waals surface area contributed by atoms with Crippen LogP contribution in [0.4, 0.5) is 0 Å². The van der Waals surface area contributed by atoms with Crippen LogP contribution < -0.4 is 0 Å². The fourth-order valence-electron chi connectivity index (χ4n) is 2.41. The molecule has 106 valence electrons. The average Bonchev–Trinajstić information content (AvgIpc) is 2.57. The van der Waals surface area contributed by atoms with Gasteiger partial charge in [-0.3, -0.25) is 4.98 Å². The molecule has 1 saturated heterocycles. The molecule has 19 heavy (non-hydrogen) atoms. The maximum atomic E-state index is 11.5. The molecule has 0 radical (unpaired) electrons. The number of rotatable bonds is 3. The highest BCUT2D eigenvalue weighted by molar-refractivity contribution is 9.10. The molecule has 2 heterocycles. The van der Waals surface area contributed by atoms with E-state index in [4.69, 9.17) is 0 Å². The van der Waals surface area contributed by atoms with Crippen molar-refractivity contribution >= 4 is 26.0 Å².